The summed E-state index contributed by atoms with van der Waals surface area (Å²) in [4.78, 5) is 1.57. The Hall–Kier alpha value is -2.18. The minimum absolute atomic E-state index is 0.731. The van der Waals surface area contributed by atoms with E-state index in [2.05, 4.69) is 0 Å². The molecule has 0 spiro atoms. The maximum absolute atomic E-state index is 13.4. The van der Waals surface area contributed by atoms with Gasteiger partial charge >= 0.3 is 42.1 Å². The Balaban J connectivity index is 6.81. The molecule has 2 nitrogen and oxygen atoms in total. The molecule has 0 bridgehead atoms. The summed E-state index contributed by atoms with van der Waals surface area (Å²) in [7, 11) is 0. The van der Waals surface area contributed by atoms with E-state index < -0.39 is 59.9 Å². The second-order valence-corrected chi connectivity index (χ2v) is 4.70. The maximum Gasteiger partial charge on any atom is 0.440 e. The predicted octanol–water partition coefficient (Wildman–Crippen LogP) is 6.45. The first kappa shape index (κ1) is 27.8. The molecule has 0 heterocycles. The van der Waals surface area contributed by atoms with Crippen LogP contribution in [0.3, 0.4) is 0 Å². The van der Waals surface area contributed by atoms with E-state index in [1.54, 1.807) is 0 Å². The summed E-state index contributed by atoms with van der Waals surface area (Å²) >= 11 is 0. The zero-order chi connectivity index (χ0) is 24.7. The van der Waals surface area contributed by atoms with Crippen LogP contribution in [0, 0.1) is 0 Å². The Bertz CT molecular complexity index is 696. The minimum atomic E-state index is -7.40. The lowest BCUT2D eigenvalue weighted by atomic mass is 10.0. The Labute approximate surface area is 150 Å². The molecule has 0 aliphatic rings. The van der Waals surface area contributed by atoms with Crippen molar-refractivity contribution < 1.29 is 79.0 Å². The van der Waals surface area contributed by atoms with E-state index in [1.165, 1.54) is 0 Å². The van der Waals surface area contributed by atoms with Crippen molar-refractivity contribution in [3.8, 4) is 0 Å². The van der Waals surface area contributed by atoms with Gasteiger partial charge < -0.3 is 0 Å². The largest absolute Gasteiger partial charge is 0.440 e. The average Bonchev–Trinajstić information content (AvgIpc) is 2.45. The van der Waals surface area contributed by atoms with Gasteiger partial charge in [0.2, 0.25) is 5.97 Å². The number of aliphatic imine (C=N–C) groups is 2. The molecule has 0 aromatic rings. The van der Waals surface area contributed by atoms with Crippen LogP contribution in [-0.4, -0.2) is 48.1 Å². The van der Waals surface area contributed by atoms with Crippen LogP contribution in [0.1, 0.15) is 0 Å². The van der Waals surface area contributed by atoms with Crippen molar-refractivity contribution >= 4 is 12.1 Å². The fourth-order valence-electron chi connectivity index (χ4n) is 1.35. The summed E-state index contributed by atoms with van der Waals surface area (Å²) in [6.45, 7) is 0. The van der Waals surface area contributed by atoms with Crippen molar-refractivity contribution in [2.75, 3.05) is 0 Å². The maximum atomic E-state index is 13.4. The van der Waals surface area contributed by atoms with Crippen molar-refractivity contribution in [2.24, 2.45) is 9.98 Å². The Morgan fingerprint density at radius 3 is 0.967 bits per heavy atom. The summed E-state index contributed by atoms with van der Waals surface area (Å²) in [5.74, 6) is -4.56. The highest BCUT2D eigenvalue weighted by Crippen LogP contribution is 2.52. The molecule has 20 heteroatoms. The molecule has 0 atom stereocenters. The van der Waals surface area contributed by atoms with Crippen molar-refractivity contribution in [2.45, 2.75) is 36.0 Å². The van der Waals surface area contributed by atoms with E-state index in [0.29, 0.717) is 0 Å². The molecule has 0 aromatic heterocycles. The molecule has 0 aliphatic heterocycles. The summed E-state index contributed by atoms with van der Waals surface area (Å²) < 4.78 is 224. The van der Waals surface area contributed by atoms with Crippen LogP contribution in [0.5, 0.6) is 0 Å². The predicted molar refractivity (Wildman–Crippen MR) is 58.2 cm³/mol. The zero-order valence-corrected chi connectivity index (χ0v) is 12.7. The highest BCUT2D eigenvalue weighted by molar-refractivity contribution is 5.95. The number of alkyl halides is 14. The molecule has 30 heavy (non-hydrogen) atoms. The Morgan fingerprint density at radius 1 is 0.433 bits per heavy atom. The number of nitrogens with zero attached hydrogens (tertiary/aromatic N) is 2. The van der Waals surface area contributed by atoms with E-state index >= 15 is 0 Å². The fraction of sp³-hybridized carbons (Fsp3) is 0.600. The number of rotatable bonds is 3. The molecule has 0 amide bonds. The average molecular weight is 490 g/mol. The first-order valence-corrected chi connectivity index (χ1v) is 6.05. The van der Waals surface area contributed by atoms with Gasteiger partial charge in [-0.25, -0.2) is 8.78 Å². The van der Waals surface area contributed by atoms with Crippen LogP contribution in [-0.2, 0) is 0 Å². The van der Waals surface area contributed by atoms with Crippen LogP contribution >= 0.6 is 0 Å². The molecular formula is C10F18N2. The van der Waals surface area contributed by atoms with E-state index in [0.717, 1.165) is 9.98 Å². The molecule has 0 saturated carbocycles. The van der Waals surface area contributed by atoms with Crippen LogP contribution in [0.25, 0.3) is 0 Å². The molecule has 0 unspecified atom stereocenters. The van der Waals surface area contributed by atoms with E-state index in [-0.39, 0.29) is 0 Å². The van der Waals surface area contributed by atoms with Crippen LogP contribution in [0.2, 0.25) is 0 Å². The van der Waals surface area contributed by atoms with Gasteiger partial charge in [-0.05, 0) is 0 Å². The standard InChI is InChI=1S/C10F18N2/c11-2(12)1(5(15,7(17,18)19)8(20,21)22)29-4(14)30-3(13)6(16,9(23,24)25)10(26,27)28/b29-4?,30-3-. The summed E-state index contributed by atoms with van der Waals surface area (Å²) in [6.07, 6.45) is -37.9. The normalized spacial score (nSPS) is 16.1. The third-order valence-electron chi connectivity index (χ3n) is 2.75. The van der Waals surface area contributed by atoms with E-state index in [4.69, 9.17) is 0 Å². The lowest BCUT2D eigenvalue weighted by Gasteiger charge is -2.29. The van der Waals surface area contributed by atoms with Crippen LogP contribution < -0.4 is 0 Å². The number of amidine groups is 1. The Morgan fingerprint density at radius 2 is 0.733 bits per heavy atom. The summed E-state index contributed by atoms with van der Waals surface area (Å²) in [5.41, 5.74) is -18.7. The van der Waals surface area contributed by atoms with E-state index in [9.17, 15) is 79.0 Å². The lowest BCUT2D eigenvalue weighted by Crippen LogP contribution is -2.57. The SMILES string of the molecule is FC(=NC(=C(F)F)C(F)(C(F)(F)F)C(F)(F)F)/N=C(\F)C(F)(C(F)(F)F)C(F)(F)F. The van der Waals surface area contributed by atoms with Gasteiger partial charge in [0.15, 0.2) is 5.70 Å². The quantitative estimate of drug-likeness (QED) is 0.188. The number of allylic oxidation sites excluding steroid dienone is 1. The third-order valence-corrected chi connectivity index (χ3v) is 2.75. The Kier molecular flexibility index (Phi) is 7.25. The number of hydrogen-bond acceptors (Lipinski definition) is 1. The third kappa shape index (κ3) is 4.76. The first-order valence-electron chi connectivity index (χ1n) is 6.05. The van der Waals surface area contributed by atoms with Gasteiger partial charge in [-0.2, -0.15) is 80.2 Å². The number of halogens is 18. The summed E-state index contributed by atoms with van der Waals surface area (Å²) in [6, 6.07) is 0. The van der Waals surface area contributed by atoms with Crippen molar-refractivity contribution in [1.29, 1.82) is 0 Å². The topological polar surface area (TPSA) is 24.7 Å². The lowest BCUT2D eigenvalue weighted by molar-refractivity contribution is -0.327. The van der Waals surface area contributed by atoms with Crippen molar-refractivity contribution in [3.63, 3.8) is 0 Å². The van der Waals surface area contributed by atoms with Gasteiger partial charge in [0, 0.05) is 0 Å². The molecule has 0 radical (unpaired) electrons. The smallest absolute Gasteiger partial charge is 0.216 e. The molecule has 0 fully saturated rings. The molecule has 0 rings (SSSR count). The fourth-order valence-corrected chi connectivity index (χ4v) is 1.35. The van der Waals surface area contributed by atoms with Gasteiger partial charge in [-0.3, -0.25) is 0 Å². The highest BCUT2D eigenvalue weighted by Gasteiger charge is 2.78. The number of hydrogen-bond donors (Lipinski definition) is 0. The van der Waals surface area contributed by atoms with E-state index in [1.807, 2.05) is 0 Å². The van der Waals surface area contributed by atoms with Crippen molar-refractivity contribution in [3.05, 3.63) is 11.8 Å². The molecule has 0 saturated heterocycles. The molecule has 0 aromatic carbocycles. The van der Waals surface area contributed by atoms with Gasteiger partial charge in [0.05, 0.1) is 0 Å². The summed E-state index contributed by atoms with van der Waals surface area (Å²) in [5, 5.41) is 0. The second kappa shape index (κ2) is 7.82. The molecule has 0 N–H and O–H groups in total. The highest BCUT2D eigenvalue weighted by atomic mass is 19.4. The van der Waals surface area contributed by atoms with Crippen molar-refractivity contribution in [1.82, 2.24) is 0 Å². The zero-order valence-electron chi connectivity index (χ0n) is 12.7. The molecule has 176 valence electrons. The van der Waals surface area contributed by atoms with Gasteiger partial charge in [-0.15, -0.1) is 0 Å². The molecular weight excluding hydrogens is 490 g/mol. The van der Waals surface area contributed by atoms with Gasteiger partial charge in [0.25, 0.3) is 6.08 Å². The van der Waals surface area contributed by atoms with Crippen LogP contribution in [0.15, 0.2) is 21.8 Å². The van der Waals surface area contributed by atoms with Gasteiger partial charge in [-0.1, -0.05) is 0 Å². The molecule has 0 aliphatic carbocycles. The van der Waals surface area contributed by atoms with Gasteiger partial charge in [0.1, 0.15) is 0 Å². The van der Waals surface area contributed by atoms with Crippen LogP contribution in [0.4, 0.5) is 79.0 Å². The monoisotopic (exact) mass is 490 g/mol. The second-order valence-electron chi connectivity index (χ2n) is 4.70. The first-order chi connectivity index (χ1) is 12.9. The minimum Gasteiger partial charge on any atom is -0.216 e.